The highest BCUT2D eigenvalue weighted by Gasteiger charge is 2.33. The summed E-state index contributed by atoms with van der Waals surface area (Å²) in [6.45, 7) is 0. The van der Waals surface area contributed by atoms with Crippen LogP contribution in [0.25, 0.3) is 6.08 Å². The number of carbonyl (C=O) groups is 1. The largest absolute Gasteiger partial charge is 0.378 e. The molecule has 0 N–H and O–H groups in total. The number of para-hydroxylation sites is 1. The monoisotopic (exact) mass is 445 g/mol. The van der Waals surface area contributed by atoms with Gasteiger partial charge in [-0.2, -0.15) is 0 Å². The molecule has 0 unspecified atom stereocenters. The molecule has 0 spiro atoms. The van der Waals surface area contributed by atoms with Crippen LogP contribution in [0.15, 0.2) is 94.0 Å². The van der Waals surface area contributed by atoms with Crippen molar-refractivity contribution < 1.29 is 4.79 Å². The number of carbonyl (C=O) groups excluding carboxylic acids is 1. The number of benzene rings is 3. The molecule has 0 atom stereocenters. The van der Waals surface area contributed by atoms with Gasteiger partial charge in [0.05, 0.1) is 5.69 Å². The van der Waals surface area contributed by atoms with E-state index in [4.69, 9.17) is 4.99 Å². The molecule has 4 nitrogen and oxygen atoms in total. The molecule has 0 fully saturated rings. The summed E-state index contributed by atoms with van der Waals surface area (Å²) >= 11 is 3.59. The van der Waals surface area contributed by atoms with Crippen molar-refractivity contribution in [2.24, 2.45) is 4.99 Å². The molecule has 1 amide bonds. The first kappa shape index (κ1) is 19.2. The van der Waals surface area contributed by atoms with Crippen molar-refractivity contribution in [3.05, 3.63) is 100 Å². The maximum Gasteiger partial charge on any atom is 0.282 e. The van der Waals surface area contributed by atoms with E-state index < -0.39 is 0 Å². The molecule has 5 heteroatoms. The van der Waals surface area contributed by atoms with Crippen molar-refractivity contribution >= 4 is 45.1 Å². The first-order chi connectivity index (χ1) is 14.0. The third-order valence-electron chi connectivity index (χ3n) is 4.70. The van der Waals surface area contributed by atoms with Gasteiger partial charge >= 0.3 is 0 Å². The summed E-state index contributed by atoms with van der Waals surface area (Å²) in [5.41, 5.74) is 4.11. The van der Waals surface area contributed by atoms with E-state index in [0.717, 1.165) is 27.0 Å². The predicted octanol–water partition coefficient (Wildman–Crippen LogP) is 5.35. The molecular formula is C24H20BrN3O. The van der Waals surface area contributed by atoms with E-state index in [9.17, 15) is 4.79 Å². The van der Waals surface area contributed by atoms with Crippen LogP contribution in [-0.4, -0.2) is 25.8 Å². The van der Waals surface area contributed by atoms with Gasteiger partial charge in [-0.15, -0.1) is 0 Å². The van der Waals surface area contributed by atoms with Crippen molar-refractivity contribution in [2.45, 2.75) is 0 Å². The summed E-state index contributed by atoms with van der Waals surface area (Å²) in [4.78, 5) is 21.7. The van der Waals surface area contributed by atoms with Crippen LogP contribution in [0, 0.1) is 0 Å². The minimum Gasteiger partial charge on any atom is -0.378 e. The molecule has 0 bridgehead atoms. The molecule has 3 aromatic carbocycles. The molecular weight excluding hydrogens is 426 g/mol. The summed E-state index contributed by atoms with van der Waals surface area (Å²) in [6, 6.07) is 25.4. The molecule has 1 heterocycles. The lowest BCUT2D eigenvalue weighted by molar-refractivity contribution is -0.113. The van der Waals surface area contributed by atoms with Gasteiger partial charge in [0, 0.05) is 29.8 Å². The normalized spacial score (nSPS) is 15.0. The first-order valence-electron chi connectivity index (χ1n) is 9.27. The maximum absolute atomic E-state index is 13.3. The number of rotatable bonds is 4. The van der Waals surface area contributed by atoms with Crippen molar-refractivity contribution in [3.8, 4) is 0 Å². The average molecular weight is 446 g/mol. The standard InChI is InChI=1S/C24H20BrN3O/c1-27(2)18-14-12-17(13-15-18)16-22-24(29)28(19-8-4-3-5-9-19)23(26-22)20-10-6-7-11-21(20)25/h3-16H,1-2H3/b22-16+. The third-order valence-corrected chi connectivity index (χ3v) is 5.39. The van der Waals surface area contributed by atoms with Gasteiger partial charge in [-0.1, -0.05) is 64.5 Å². The molecule has 1 aliphatic rings. The van der Waals surface area contributed by atoms with Crippen molar-refractivity contribution in [2.75, 3.05) is 23.9 Å². The van der Waals surface area contributed by atoms with Crippen LogP contribution in [-0.2, 0) is 4.79 Å². The Bertz CT molecular complexity index is 1100. The van der Waals surface area contributed by atoms with Crippen LogP contribution in [0.1, 0.15) is 11.1 Å². The summed E-state index contributed by atoms with van der Waals surface area (Å²) in [7, 11) is 4.00. The van der Waals surface area contributed by atoms with Gasteiger partial charge in [-0.25, -0.2) is 4.99 Å². The second-order valence-electron chi connectivity index (χ2n) is 6.91. The summed E-state index contributed by atoms with van der Waals surface area (Å²) < 4.78 is 0.893. The molecule has 0 aromatic heterocycles. The Labute approximate surface area is 178 Å². The zero-order chi connectivity index (χ0) is 20.4. The fraction of sp³-hybridized carbons (Fsp3) is 0.0833. The Balaban J connectivity index is 1.79. The van der Waals surface area contributed by atoms with Gasteiger partial charge in [-0.05, 0) is 42.0 Å². The Morgan fingerprint density at radius 1 is 0.897 bits per heavy atom. The summed E-state index contributed by atoms with van der Waals surface area (Å²) in [5, 5.41) is 0. The van der Waals surface area contributed by atoms with Crippen LogP contribution in [0.4, 0.5) is 11.4 Å². The van der Waals surface area contributed by atoms with E-state index in [0.29, 0.717) is 11.5 Å². The van der Waals surface area contributed by atoms with Gasteiger partial charge in [0.1, 0.15) is 11.5 Å². The molecule has 144 valence electrons. The number of halogens is 1. The Morgan fingerprint density at radius 2 is 1.55 bits per heavy atom. The molecule has 0 aliphatic carbocycles. The highest BCUT2D eigenvalue weighted by Crippen LogP contribution is 2.30. The van der Waals surface area contributed by atoms with Crippen LogP contribution in [0.2, 0.25) is 0 Å². The zero-order valence-electron chi connectivity index (χ0n) is 16.2. The quantitative estimate of drug-likeness (QED) is 0.507. The van der Waals surface area contributed by atoms with E-state index in [1.54, 1.807) is 4.90 Å². The number of anilines is 2. The lowest BCUT2D eigenvalue weighted by Gasteiger charge is -2.19. The molecule has 4 rings (SSSR count). The highest BCUT2D eigenvalue weighted by atomic mass is 79.9. The number of hydrogen-bond acceptors (Lipinski definition) is 3. The predicted molar refractivity (Wildman–Crippen MR) is 123 cm³/mol. The van der Waals surface area contributed by atoms with E-state index >= 15 is 0 Å². The van der Waals surface area contributed by atoms with E-state index in [1.807, 2.05) is 104 Å². The lowest BCUT2D eigenvalue weighted by Crippen LogP contribution is -2.32. The number of amidine groups is 1. The Hall–Kier alpha value is -3.18. The van der Waals surface area contributed by atoms with Crippen LogP contribution >= 0.6 is 15.9 Å². The van der Waals surface area contributed by atoms with Crippen molar-refractivity contribution in [1.82, 2.24) is 0 Å². The summed E-state index contributed by atoms with van der Waals surface area (Å²) in [5.74, 6) is 0.475. The minimum absolute atomic E-state index is 0.140. The molecule has 0 radical (unpaired) electrons. The van der Waals surface area contributed by atoms with E-state index in [2.05, 4.69) is 15.9 Å². The van der Waals surface area contributed by atoms with E-state index in [-0.39, 0.29) is 5.91 Å². The summed E-state index contributed by atoms with van der Waals surface area (Å²) in [6.07, 6.45) is 1.83. The molecule has 3 aromatic rings. The lowest BCUT2D eigenvalue weighted by atomic mass is 10.1. The Kier molecular flexibility index (Phi) is 5.32. The van der Waals surface area contributed by atoms with E-state index in [1.165, 1.54) is 0 Å². The number of nitrogens with zero attached hydrogens (tertiary/aromatic N) is 3. The Morgan fingerprint density at radius 3 is 2.21 bits per heavy atom. The molecule has 0 saturated heterocycles. The van der Waals surface area contributed by atoms with Gasteiger partial charge in [0.25, 0.3) is 5.91 Å². The minimum atomic E-state index is -0.140. The van der Waals surface area contributed by atoms with Gasteiger partial charge in [0.2, 0.25) is 0 Å². The second kappa shape index (κ2) is 8.05. The molecule has 29 heavy (non-hydrogen) atoms. The first-order valence-corrected chi connectivity index (χ1v) is 10.1. The molecule has 1 aliphatic heterocycles. The van der Waals surface area contributed by atoms with Crippen molar-refractivity contribution in [3.63, 3.8) is 0 Å². The van der Waals surface area contributed by atoms with Gasteiger partial charge in [0.15, 0.2) is 0 Å². The molecule has 0 saturated carbocycles. The van der Waals surface area contributed by atoms with Crippen LogP contribution in [0.5, 0.6) is 0 Å². The van der Waals surface area contributed by atoms with Gasteiger partial charge in [-0.3, -0.25) is 9.69 Å². The van der Waals surface area contributed by atoms with Crippen LogP contribution in [0.3, 0.4) is 0 Å². The van der Waals surface area contributed by atoms with Crippen molar-refractivity contribution in [1.29, 1.82) is 0 Å². The van der Waals surface area contributed by atoms with Gasteiger partial charge < -0.3 is 4.90 Å². The fourth-order valence-corrected chi connectivity index (χ4v) is 3.65. The smallest absolute Gasteiger partial charge is 0.282 e. The number of aliphatic imine (C=N–C) groups is 1. The zero-order valence-corrected chi connectivity index (χ0v) is 17.8. The number of hydrogen-bond donors (Lipinski definition) is 0. The third kappa shape index (κ3) is 3.87. The fourth-order valence-electron chi connectivity index (χ4n) is 3.18. The average Bonchev–Trinajstić information content (AvgIpc) is 3.05. The SMILES string of the molecule is CN(C)c1ccc(/C=C2/N=C(c3ccccc3Br)N(c3ccccc3)C2=O)cc1. The topological polar surface area (TPSA) is 35.9 Å². The highest BCUT2D eigenvalue weighted by molar-refractivity contribution is 9.10. The second-order valence-corrected chi connectivity index (χ2v) is 7.76. The number of amides is 1. The van der Waals surface area contributed by atoms with Crippen LogP contribution < -0.4 is 9.80 Å². The maximum atomic E-state index is 13.3.